The van der Waals surface area contributed by atoms with Crippen LogP contribution in [-0.2, 0) is 0 Å². The van der Waals surface area contributed by atoms with Gasteiger partial charge in [-0.2, -0.15) is 0 Å². The van der Waals surface area contributed by atoms with E-state index in [0.717, 1.165) is 15.8 Å². The predicted molar refractivity (Wildman–Crippen MR) is 89.2 cm³/mol. The number of carbonyl (C=O) groups excluding carboxylic acids is 1. The number of amides is 1. The Kier molecular flexibility index (Phi) is 4.06. The average Bonchev–Trinajstić information content (AvgIpc) is 2.94. The molecule has 3 rings (SSSR count). The lowest BCUT2D eigenvalue weighted by molar-refractivity contribution is 0.0820. The van der Waals surface area contributed by atoms with E-state index in [4.69, 9.17) is 0 Å². The molecule has 2 N–H and O–H groups in total. The number of carbonyl (C=O) groups is 1. The van der Waals surface area contributed by atoms with Crippen LogP contribution < -0.4 is 0 Å². The maximum atomic E-state index is 12.3. The van der Waals surface area contributed by atoms with Gasteiger partial charge in [-0.3, -0.25) is 4.79 Å². The second-order valence-corrected chi connectivity index (χ2v) is 6.01. The molecule has 0 radical (unpaired) electrons. The molecule has 0 saturated heterocycles. The van der Waals surface area contributed by atoms with Crippen LogP contribution in [-0.4, -0.2) is 33.8 Å². The lowest BCUT2D eigenvalue weighted by Gasteiger charge is -2.16. The molecular weight excluding hydrogens is 296 g/mol. The summed E-state index contributed by atoms with van der Waals surface area (Å²) in [6.45, 7) is 0. The highest BCUT2D eigenvalue weighted by Gasteiger charge is 2.12. The number of nitrogens with one attached hydrogen (secondary N) is 1. The van der Waals surface area contributed by atoms with Crippen molar-refractivity contribution in [2.24, 2.45) is 0 Å². The van der Waals surface area contributed by atoms with E-state index in [1.807, 2.05) is 42.6 Å². The average molecular weight is 312 g/mol. The quantitative estimate of drug-likeness (QED) is 0.570. The summed E-state index contributed by atoms with van der Waals surface area (Å²) in [6, 6.07) is 14.5. The molecule has 0 aliphatic heterocycles. The third kappa shape index (κ3) is 2.94. The number of hydrogen-bond acceptors (Lipinski definition) is 3. The number of rotatable bonds is 4. The molecule has 0 spiro atoms. The molecule has 0 fully saturated rings. The first-order valence-electron chi connectivity index (χ1n) is 6.88. The minimum atomic E-state index is 0.00517. The SMILES string of the molecule is CN(CSc1c[nH]c2cc(O)ccc12)C(=O)c1ccccc1. The minimum absolute atomic E-state index is 0.00517. The van der Waals surface area contributed by atoms with Crippen molar-refractivity contribution in [2.75, 3.05) is 12.9 Å². The number of H-pyrrole nitrogens is 1. The lowest BCUT2D eigenvalue weighted by Crippen LogP contribution is -2.26. The predicted octanol–water partition coefficient (Wildman–Crippen LogP) is 3.70. The molecule has 0 unspecified atom stereocenters. The number of phenolic OH excluding ortho intramolecular Hbond substituents is 1. The third-order valence-electron chi connectivity index (χ3n) is 3.41. The molecule has 0 aliphatic carbocycles. The van der Waals surface area contributed by atoms with Crippen molar-refractivity contribution in [2.45, 2.75) is 4.90 Å². The summed E-state index contributed by atoms with van der Waals surface area (Å²) in [7, 11) is 1.79. The van der Waals surface area contributed by atoms with Gasteiger partial charge in [-0.15, -0.1) is 11.8 Å². The maximum absolute atomic E-state index is 12.3. The summed E-state index contributed by atoms with van der Waals surface area (Å²) < 4.78 is 0. The van der Waals surface area contributed by atoms with Crippen LogP contribution in [0.3, 0.4) is 0 Å². The van der Waals surface area contributed by atoms with E-state index in [1.54, 1.807) is 35.8 Å². The van der Waals surface area contributed by atoms with Crippen molar-refractivity contribution in [1.29, 1.82) is 0 Å². The molecule has 0 saturated carbocycles. The van der Waals surface area contributed by atoms with Crippen LogP contribution in [0, 0.1) is 0 Å². The van der Waals surface area contributed by atoms with Gasteiger partial charge in [0.25, 0.3) is 5.91 Å². The smallest absolute Gasteiger partial charge is 0.254 e. The molecule has 0 aliphatic rings. The first-order chi connectivity index (χ1) is 10.6. The van der Waals surface area contributed by atoms with Gasteiger partial charge in [-0.1, -0.05) is 18.2 Å². The molecule has 0 atom stereocenters. The number of aromatic nitrogens is 1. The molecule has 22 heavy (non-hydrogen) atoms. The number of fused-ring (bicyclic) bond motifs is 1. The molecule has 0 bridgehead atoms. The Hall–Kier alpha value is -2.40. The van der Waals surface area contributed by atoms with Crippen molar-refractivity contribution in [1.82, 2.24) is 9.88 Å². The van der Waals surface area contributed by atoms with E-state index in [-0.39, 0.29) is 11.7 Å². The number of aromatic hydroxyl groups is 1. The van der Waals surface area contributed by atoms with Crippen LogP contribution in [0.4, 0.5) is 0 Å². The molecular formula is C17H16N2O2S. The molecule has 3 aromatic rings. The summed E-state index contributed by atoms with van der Waals surface area (Å²) in [5, 5.41) is 10.5. The van der Waals surface area contributed by atoms with Gasteiger partial charge in [0.1, 0.15) is 5.75 Å². The molecule has 1 aromatic heterocycles. The maximum Gasteiger partial charge on any atom is 0.254 e. The van der Waals surface area contributed by atoms with E-state index in [1.165, 1.54) is 0 Å². The zero-order chi connectivity index (χ0) is 15.5. The fraction of sp³-hybridized carbons (Fsp3) is 0.118. The van der Waals surface area contributed by atoms with Gasteiger partial charge < -0.3 is 15.0 Å². The summed E-state index contributed by atoms with van der Waals surface area (Å²) >= 11 is 1.59. The second kappa shape index (κ2) is 6.15. The number of aromatic amines is 1. The number of phenols is 1. The first-order valence-corrected chi connectivity index (χ1v) is 7.87. The Morgan fingerprint density at radius 1 is 1.23 bits per heavy atom. The Morgan fingerprint density at radius 2 is 2.00 bits per heavy atom. The van der Waals surface area contributed by atoms with Crippen LogP contribution in [0.1, 0.15) is 10.4 Å². The zero-order valence-corrected chi connectivity index (χ0v) is 12.9. The molecule has 2 aromatic carbocycles. The molecule has 112 valence electrons. The van der Waals surface area contributed by atoms with E-state index >= 15 is 0 Å². The number of thioether (sulfide) groups is 1. The van der Waals surface area contributed by atoms with Gasteiger partial charge in [0.2, 0.25) is 0 Å². The number of nitrogens with zero attached hydrogens (tertiary/aromatic N) is 1. The van der Waals surface area contributed by atoms with Crippen molar-refractivity contribution in [3.8, 4) is 5.75 Å². The molecule has 5 heteroatoms. The highest BCUT2D eigenvalue weighted by molar-refractivity contribution is 7.99. The standard InChI is InChI=1S/C17H16N2O2S/c1-19(17(21)12-5-3-2-4-6-12)11-22-16-10-18-15-9-13(20)7-8-14(15)16/h2-10,18,20H,11H2,1H3. The van der Waals surface area contributed by atoms with Crippen LogP contribution >= 0.6 is 11.8 Å². The fourth-order valence-electron chi connectivity index (χ4n) is 2.23. The van der Waals surface area contributed by atoms with Crippen LogP contribution in [0.2, 0.25) is 0 Å². The zero-order valence-electron chi connectivity index (χ0n) is 12.1. The molecule has 4 nitrogen and oxygen atoms in total. The number of benzene rings is 2. The topological polar surface area (TPSA) is 56.3 Å². The Labute approximate surface area is 132 Å². The van der Waals surface area contributed by atoms with Gasteiger partial charge >= 0.3 is 0 Å². The highest BCUT2D eigenvalue weighted by Crippen LogP contribution is 2.30. The normalized spacial score (nSPS) is 10.8. The molecule has 1 amide bonds. The summed E-state index contributed by atoms with van der Waals surface area (Å²) in [5.74, 6) is 0.800. The van der Waals surface area contributed by atoms with Crippen molar-refractivity contribution in [3.63, 3.8) is 0 Å². The second-order valence-electron chi connectivity index (χ2n) is 5.03. The largest absolute Gasteiger partial charge is 0.508 e. The van der Waals surface area contributed by atoms with Gasteiger partial charge in [0.05, 0.1) is 11.4 Å². The minimum Gasteiger partial charge on any atom is -0.508 e. The first kappa shape index (κ1) is 14.5. The van der Waals surface area contributed by atoms with E-state index < -0.39 is 0 Å². The van der Waals surface area contributed by atoms with Gasteiger partial charge in [-0.05, 0) is 24.3 Å². The Morgan fingerprint density at radius 3 is 2.77 bits per heavy atom. The monoisotopic (exact) mass is 312 g/mol. The summed E-state index contributed by atoms with van der Waals surface area (Å²) in [5.41, 5.74) is 1.58. The third-order valence-corrected chi connectivity index (χ3v) is 4.57. The summed E-state index contributed by atoms with van der Waals surface area (Å²) in [6.07, 6.45) is 1.90. The van der Waals surface area contributed by atoms with Gasteiger partial charge in [0, 0.05) is 35.2 Å². The van der Waals surface area contributed by atoms with Crippen LogP contribution in [0.15, 0.2) is 59.6 Å². The van der Waals surface area contributed by atoms with E-state index in [2.05, 4.69) is 4.98 Å². The van der Waals surface area contributed by atoms with Crippen molar-refractivity contribution in [3.05, 3.63) is 60.3 Å². The lowest BCUT2D eigenvalue weighted by atomic mass is 10.2. The fourth-order valence-corrected chi connectivity index (χ4v) is 3.16. The Balaban J connectivity index is 1.70. The van der Waals surface area contributed by atoms with Crippen molar-refractivity contribution < 1.29 is 9.90 Å². The van der Waals surface area contributed by atoms with Crippen molar-refractivity contribution >= 4 is 28.6 Å². The Bertz CT molecular complexity index is 799. The van der Waals surface area contributed by atoms with Gasteiger partial charge in [-0.25, -0.2) is 0 Å². The van der Waals surface area contributed by atoms with E-state index in [0.29, 0.717) is 11.4 Å². The van der Waals surface area contributed by atoms with Gasteiger partial charge in [0.15, 0.2) is 0 Å². The van der Waals surface area contributed by atoms with Crippen LogP contribution in [0.5, 0.6) is 5.75 Å². The number of hydrogen-bond donors (Lipinski definition) is 2. The molecule has 1 heterocycles. The van der Waals surface area contributed by atoms with Crippen LogP contribution in [0.25, 0.3) is 10.9 Å². The van der Waals surface area contributed by atoms with E-state index in [9.17, 15) is 9.90 Å². The highest BCUT2D eigenvalue weighted by atomic mass is 32.2. The summed E-state index contributed by atoms with van der Waals surface area (Å²) in [4.78, 5) is 18.2.